The summed E-state index contributed by atoms with van der Waals surface area (Å²) in [6.07, 6.45) is 1.93. The van der Waals surface area contributed by atoms with Gasteiger partial charge in [-0.15, -0.1) is 0 Å². The largest absolute Gasteiger partial charge is 0.486 e. The Bertz CT molecular complexity index is 853. The smallest absolute Gasteiger partial charge is 0.166 e. The van der Waals surface area contributed by atoms with Gasteiger partial charge in [0.15, 0.2) is 28.8 Å². The van der Waals surface area contributed by atoms with Gasteiger partial charge >= 0.3 is 0 Å². The zero-order valence-electron chi connectivity index (χ0n) is 13.7. The van der Waals surface area contributed by atoms with Gasteiger partial charge in [0.25, 0.3) is 0 Å². The summed E-state index contributed by atoms with van der Waals surface area (Å²) >= 11 is 0. The summed E-state index contributed by atoms with van der Waals surface area (Å²) in [6, 6.07) is 9.54. The van der Waals surface area contributed by atoms with Crippen LogP contribution >= 0.6 is 0 Å². The van der Waals surface area contributed by atoms with E-state index in [-0.39, 0.29) is 11.7 Å². The van der Waals surface area contributed by atoms with Crippen molar-refractivity contribution in [1.82, 2.24) is 0 Å². The minimum Gasteiger partial charge on any atom is -0.486 e. The number of hydrogen-bond acceptors (Lipinski definition) is 5. The molecule has 0 aromatic heterocycles. The van der Waals surface area contributed by atoms with Crippen molar-refractivity contribution in [3.63, 3.8) is 0 Å². The molecule has 2 aromatic rings. The Labute approximate surface area is 145 Å². The number of carbonyl (C=O) groups excluding carboxylic acids is 1. The number of carbonyl (C=O) groups is 1. The molecule has 0 unspecified atom stereocenters. The monoisotopic (exact) mass is 338 g/mol. The molecule has 1 saturated carbocycles. The summed E-state index contributed by atoms with van der Waals surface area (Å²) < 4.78 is 22.7. The maximum atomic E-state index is 12.8. The summed E-state index contributed by atoms with van der Waals surface area (Å²) in [5, 5.41) is 0. The predicted octanol–water partition coefficient (Wildman–Crippen LogP) is 3.49. The first-order valence-electron chi connectivity index (χ1n) is 8.67. The standard InChI is InChI=1S/C20H18O5/c21-20(12-1-2-12)15-11-19-18(24-7-8-25-19)10-14(15)13-3-4-16-17(9-13)23-6-5-22-16/h3-4,9-12H,1-2,5-8H2. The third kappa shape index (κ3) is 2.60. The molecule has 0 atom stereocenters. The van der Waals surface area contributed by atoms with E-state index in [1.165, 1.54) is 0 Å². The molecule has 0 N–H and O–H groups in total. The fraction of sp³-hybridized carbons (Fsp3) is 0.350. The van der Waals surface area contributed by atoms with E-state index in [1.54, 1.807) is 0 Å². The van der Waals surface area contributed by atoms with Crippen molar-refractivity contribution in [1.29, 1.82) is 0 Å². The number of fused-ring (bicyclic) bond motifs is 2. The van der Waals surface area contributed by atoms with E-state index in [1.807, 2.05) is 30.3 Å². The lowest BCUT2D eigenvalue weighted by molar-refractivity contribution is 0.0967. The molecule has 128 valence electrons. The molecule has 25 heavy (non-hydrogen) atoms. The second-order valence-electron chi connectivity index (χ2n) is 6.54. The molecule has 0 bridgehead atoms. The quantitative estimate of drug-likeness (QED) is 0.802. The summed E-state index contributed by atoms with van der Waals surface area (Å²) in [7, 11) is 0. The molecule has 0 saturated heterocycles. The third-order valence-electron chi connectivity index (χ3n) is 4.75. The molecular weight excluding hydrogens is 320 g/mol. The van der Waals surface area contributed by atoms with E-state index >= 15 is 0 Å². The van der Waals surface area contributed by atoms with Gasteiger partial charge in [0.05, 0.1) is 0 Å². The van der Waals surface area contributed by atoms with Gasteiger partial charge in [-0.05, 0) is 48.2 Å². The van der Waals surface area contributed by atoms with E-state index in [0.717, 1.165) is 29.7 Å². The lowest BCUT2D eigenvalue weighted by Gasteiger charge is -2.22. The Morgan fingerprint density at radius 2 is 1.36 bits per heavy atom. The highest BCUT2D eigenvalue weighted by Gasteiger charge is 2.33. The van der Waals surface area contributed by atoms with Gasteiger partial charge in [0.2, 0.25) is 0 Å². The first-order valence-corrected chi connectivity index (χ1v) is 8.67. The molecule has 2 aliphatic heterocycles. The number of Topliss-reactive ketones (excluding diaryl/α,β-unsaturated/α-hetero) is 1. The molecule has 0 amide bonds. The van der Waals surface area contributed by atoms with Crippen LogP contribution in [0.5, 0.6) is 23.0 Å². The number of benzene rings is 2. The second kappa shape index (κ2) is 5.69. The number of ketones is 1. The summed E-state index contributed by atoms with van der Waals surface area (Å²) in [5.41, 5.74) is 2.48. The minimum atomic E-state index is 0.138. The Balaban J connectivity index is 1.64. The van der Waals surface area contributed by atoms with Crippen LogP contribution in [-0.2, 0) is 0 Å². The van der Waals surface area contributed by atoms with E-state index < -0.39 is 0 Å². The molecule has 2 aromatic carbocycles. The van der Waals surface area contributed by atoms with Gasteiger partial charge in [-0.1, -0.05) is 6.07 Å². The van der Waals surface area contributed by atoms with Crippen molar-refractivity contribution in [3.05, 3.63) is 35.9 Å². The van der Waals surface area contributed by atoms with Crippen LogP contribution in [0.15, 0.2) is 30.3 Å². The molecule has 5 nitrogen and oxygen atoms in total. The average molecular weight is 338 g/mol. The number of rotatable bonds is 3. The molecular formula is C20H18O5. The molecule has 2 heterocycles. The van der Waals surface area contributed by atoms with Crippen molar-refractivity contribution in [2.75, 3.05) is 26.4 Å². The average Bonchev–Trinajstić information content (AvgIpc) is 3.51. The van der Waals surface area contributed by atoms with Crippen molar-refractivity contribution in [2.45, 2.75) is 12.8 Å². The van der Waals surface area contributed by atoms with E-state index in [2.05, 4.69) is 0 Å². The van der Waals surface area contributed by atoms with Crippen molar-refractivity contribution in [2.24, 2.45) is 5.92 Å². The Kier molecular flexibility index (Phi) is 3.33. The van der Waals surface area contributed by atoms with Gasteiger partial charge < -0.3 is 18.9 Å². The maximum absolute atomic E-state index is 12.8. The Hall–Kier alpha value is -2.69. The molecule has 5 rings (SSSR count). The van der Waals surface area contributed by atoms with Crippen LogP contribution in [0.1, 0.15) is 23.2 Å². The molecule has 1 aliphatic carbocycles. The first-order chi connectivity index (χ1) is 12.3. The molecule has 5 heteroatoms. The van der Waals surface area contributed by atoms with Gasteiger partial charge in [-0.2, -0.15) is 0 Å². The van der Waals surface area contributed by atoms with E-state index in [9.17, 15) is 4.79 Å². The lowest BCUT2D eigenvalue weighted by atomic mass is 9.94. The van der Waals surface area contributed by atoms with Crippen molar-refractivity contribution >= 4 is 5.78 Å². The first kappa shape index (κ1) is 14.6. The van der Waals surface area contributed by atoms with Crippen LogP contribution in [0.2, 0.25) is 0 Å². The fourth-order valence-electron chi connectivity index (χ4n) is 3.31. The van der Waals surface area contributed by atoms with Crippen LogP contribution in [0.3, 0.4) is 0 Å². The molecule has 1 fully saturated rings. The maximum Gasteiger partial charge on any atom is 0.166 e. The highest BCUT2D eigenvalue weighted by Crippen LogP contribution is 2.43. The van der Waals surface area contributed by atoms with Crippen molar-refractivity contribution < 1.29 is 23.7 Å². The van der Waals surface area contributed by atoms with Crippen molar-refractivity contribution in [3.8, 4) is 34.1 Å². The van der Waals surface area contributed by atoms with Crippen LogP contribution in [0, 0.1) is 5.92 Å². The highest BCUT2D eigenvalue weighted by atomic mass is 16.6. The van der Waals surface area contributed by atoms with Gasteiger partial charge in [-0.3, -0.25) is 4.79 Å². The third-order valence-corrected chi connectivity index (χ3v) is 4.75. The Morgan fingerprint density at radius 3 is 2.04 bits per heavy atom. The highest BCUT2D eigenvalue weighted by molar-refractivity contribution is 6.05. The van der Waals surface area contributed by atoms with Crippen LogP contribution in [0.25, 0.3) is 11.1 Å². The normalized spacial score (nSPS) is 17.9. The number of hydrogen-bond donors (Lipinski definition) is 0. The number of ether oxygens (including phenoxy) is 4. The molecule has 3 aliphatic rings. The predicted molar refractivity (Wildman–Crippen MR) is 90.9 cm³/mol. The zero-order valence-corrected chi connectivity index (χ0v) is 13.7. The van der Waals surface area contributed by atoms with Crippen LogP contribution < -0.4 is 18.9 Å². The Morgan fingerprint density at radius 1 is 0.760 bits per heavy atom. The van der Waals surface area contributed by atoms with Crippen LogP contribution in [0.4, 0.5) is 0 Å². The fourth-order valence-corrected chi connectivity index (χ4v) is 3.31. The van der Waals surface area contributed by atoms with Gasteiger partial charge in [-0.25, -0.2) is 0 Å². The summed E-state index contributed by atoms with van der Waals surface area (Å²) in [5.74, 6) is 3.10. The summed E-state index contributed by atoms with van der Waals surface area (Å²) in [6.45, 7) is 2.12. The van der Waals surface area contributed by atoms with Crippen LogP contribution in [-0.4, -0.2) is 32.2 Å². The minimum absolute atomic E-state index is 0.138. The molecule has 0 spiro atoms. The van der Waals surface area contributed by atoms with Gasteiger partial charge in [0.1, 0.15) is 26.4 Å². The topological polar surface area (TPSA) is 54.0 Å². The second-order valence-corrected chi connectivity index (χ2v) is 6.54. The summed E-state index contributed by atoms with van der Waals surface area (Å²) in [4.78, 5) is 12.8. The lowest BCUT2D eigenvalue weighted by Crippen LogP contribution is -2.17. The van der Waals surface area contributed by atoms with E-state index in [0.29, 0.717) is 49.2 Å². The molecule has 0 radical (unpaired) electrons. The zero-order chi connectivity index (χ0) is 16.8. The SMILES string of the molecule is O=C(c1cc2c(cc1-c1ccc3c(c1)OCCO3)OCCO2)C1CC1. The van der Waals surface area contributed by atoms with Gasteiger partial charge in [0, 0.05) is 11.5 Å². The van der Waals surface area contributed by atoms with E-state index in [4.69, 9.17) is 18.9 Å².